The standard InChI is InChI=1S/C18H18N4O2/c1-12(19-15-8-10-16(11-9-15)20-13(2)23)18-21-17(22-24-18)14-6-4-3-5-7-14/h3-12,19H,1-2H3,(H,20,23)/t12-/m1/s1. The maximum atomic E-state index is 11.0. The SMILES string of the molecule is CC(=O)Nc1ccc(N[C@H](C)c2nc(-c3ccccc3)no2)cc1. The lowest BCUT2D eigenvalue weighted by molar-refractivity contribution is -0.114. The maximum Gasteiger partial charge on any atom is 0.249 e. The first-order chi connectivity index (χ1) is 11.6. The molecule has 0 unspecified atom stereocenters. The Balaban J connectivity index is 1.68. The monoisotopic (exact) mass is 322 g/mol. The van der Waals surface area contributed by atoms with Gasteiger partial charge in [-0.15, -0.1) is 0 Å². The lowest BCUT2D eigenvalue weighted by Crippen LogP contribution is -2.08. The fourth-order valence-corrected chi connectivity index (χ4v) is 2.28. The van der Waals surface area contributed by atoms with Gasteiger partial charge in [0, 0.05) is 23.9 Å². The van der Waals surface area contributed by atoms with Crippen LogP contribution in [0.2, 0.25) is 0 Å². The van der Waals surface area contributed by atoms with Gasteiger partial charge < -0.3 is 15.2 Å². The molecule has 0 bridgehead atoms. The Morgan fingerprint density at radius 3 is 2.38 bits per heavy atom. The van der Waals surface area contributed by atoms with E-state index < -0.39 is 0 Å². The van der Waals surface area contributed by atoms with E-state index in [1.807, 2.05) is 61.5 Å². The van der Waals surface area contributed by atoms with Gasteiger partial charge in [0.1, 0.15) is 6.04 Å². The molecule has 1 atom stereocenters. The van der Waals surface area contributed by atoms with Crippen molar-refractivity contribution in [3.05, 3.63) is 60.5 Å². The van der Waals surface area contributed by atoms with Gasteiger partial charge in [0.25, 0.3) is 0 Å². The molecule has 6 nitrogen and oxygen atoms in total. The first-order valence-electron chi connectivity index (χ1n) is 7.65. The quantitative estimate of drug-likeness (QED) is 0.745. The van der Waals surface area contributed by atoms with Gasteiger partial charge in [0.05, 0.1) is 0 Å². The van der Waals surface area contributed by atoms with Crippen molar-refractivity contribution in [2.45, 2.75) is 19.9 Å². The highest BCUT2D eigenvalue weighted by molar-refractivity contribution is 5.88. The number of amides is 1. The smallest absolute Gasteiger partial charge is 0.249 e. The van der Waals surface area contributed by atoms with Gasteiger partial charge in [-0.05, 0) is 31.2 Å². The predicted molar refractivity (Wildman–Crippen MR) is 92.5 cm³/mol. The zero-order valence-electron chi connectivity index (χ0n) is 13.5. The van der Waals surface area contributed by atoms with Crippen LogP contribution in [0.5, 0.6) is 0 Å². The van der Waals surface area contributed by atoms with Crippen molar-refractivity contribution in [2.75, 3.05) is 10.6 Å². The van der Waals surface area contributed by atoms with Gasteiger partial charge in [0.2, 0.25) is 17.6 Å². The summed E-state index contributed by atoms with van der Waals surface area (Å²) in [6.45, 7) is 3.43. The van der Waals surface area contributed by atoms with E-state index >= 15 is 0 Å². The molecule has 122 valence electrons. The highest BCUT2D eigenvalue weighted by Crippen LogP contribution is 2.22. The lowest BCUT2D eigenvalue weighted by atomic mass is 10.2. The molecule has 0 aliphatic rings. The van der Waals surface area contributed by atoms with Crippen LogP contribution in [-0.2, 0) is 4.79 Å². The molecule has 0 aliphatic carbocycles. The topological polar surface area (TPSA) is 80.0 Å². The maximum absolute atomic E-state index is 11.0. The molecule has 0 saturated heterocycles. The van der Waals surface area contributed by atoms with Crippen molar-refractivity contribution >= 4 is 17.3 Å². The van der Waals surface area contributed by atoms with E-state index in [4.69, 9.17) is 4.52 Å². The van der Waals surface area contributed by atoms with Crippen LogP contribution in [0.1, 0.15) is 25.8 Å². The largest absolute Gasteiger partial charge is 0.374 e. The third-order valence-electron chi connectivity index (χ3n) is 3.43. The fourth-order valence-electron chi connectivity index (χ4n) is 2.28. The number of benzene rings is 2. The summed E-state index contributed by atoms with van der Waals surface area (Å²) < 4.78 is 5.35. The van der Waals surface area contributed by atoms with Gasteiger partial charge in [-0.2, -0.15) is 4.98 Å². The molecule has 1 aromatic heterocycles. The molecule has 0 spiro atoms. The van der Waals surface area contributed by atoms with Crippen molar-refractivity contribution in [1.29, 1.82) is 0 Å². The second kappa shape index (κ2) is 6.95. The van der Waals surface area contributed by atoms with Gasteiger partial charge in [-0.3, -0.25) is 4.79 Å². The molecule has 2 N–H and O–H groups in total. The Morgan fingerprint density at radius 2 is 1.71 bits per heavy atom. The van der Waals surface area contributed by atoms with E-state index in [0.717, 1.165) is 16.9 Å². The normalized spacial score (nSPS) is 11.8. The molecule has 24 heavy (non-hydrogen) atoms. The van der Waals surface area contributed by atoms with Crippen LogP contribution >= 0.6 is 0 Å². The molecule has 1 heterocycles. The summed E-state index contributed by atoms with van der Waals surface area (Å²) in [5.74, 6) is 0.989. The van der Waals surface area contributed by atoms with E-state index in [-0.39, 0.29) is 11.9 Å². The van der Waals surface area contributed by atoms with E-state index in [1.54, 1.807) is 0 Å². The Labute approximate surface area is 139 Å². The molecular formula is C18H18N4O2. The average molecular weight is 322 g/mol. The van der Waals surface area contributed by atoms with Crippen LogP contribution in [0, 0.1) is 0 Å². The number of carbonyl (C=O) groups is 1. The minimum Gasteiger partial charge on any atom is -0.374 e. The van der Waals surface area contributed by atoms with E-state index in [9.17, 15) is 4.79 Å². The number of hydrogen-bond donors (Lipinski definition) is 2. The third-order valence-corrected chi connectivity index (χ3v) is 3.43. The molecule has 0 radical (unpaired) electrons. The first-order valence-corrected chi connectivity index (χ1v) is 7.65. The minimum atomic E-state index is -0.137. The van der Waals surface area contributed by atoms with E-state index in [1.165, 1.54) is 6.92 Å². The van der Waals surface area contributed by atoms with E-state index in [2.05, 4.69) is 20.8 Å². The molecule has 3 aromatic rings. The number of rotatable bonds is 5. The zero-order valence-corrected chi connectivity index (χ0v) is 13.5. The molecule has 2 aromatic carbocycles. The molecule has 0 saturated carbocycles. The first kappa shape index (κ1) is 15.7. The fraction of sp³-hybridized carbons (Fsp3) is 0.167. The van der Waals surface area contributed by atoms with Gasteiger partial charge in [-0.1, -0.05) is 35.5 Å². The molecule has 6 heteroatoms. The Morgan fingerprint density at radius 1 is 1.04 bits per heavy atom. The molecule has 3 rings (SSSR count). The van der Waals surface area contributed by atoms with Crippen LogP contribution in [-0.4, -0.2) is 16.0 Å². The Kier molecular flexibility index (Phi) is 4.56. The minimum absolute atomic E-state index is 0.0941. The molecule has 0 fully saturated rings. The van der Waals surface area contributed by atoms with Crippen molar-refractivity contribution < 1.29 is 9.32 Å². The van der Waals surface area contributed by atoms with Gasteiger partial charge >= 0.3 is 0 Å². The van der Waals surface area contributed by atoms with Crippen LogP contribution in [0.3, 0.4) is 0 Å². The second-order valence-electron chi connectivity index (χ2n) is 5.45. The lowest BCUT2D eigenvalue weighted by Gasteiger charge is -2.11. The average Bonchev–Trinajstić information content (AvgIpc) is 3.07. The molecule has 0 aliphatic heterocycles. The summed E-state index contributed by atoms with van der Waals surface area (Å²) in [4.78, 5) is 15.5. The van der Waals surface area contributed by atoms with Gasteiger partial charge in [0.15, 0.2) is 0 Å². The van der Waals surface area contributed by atoms with Gasteiger partial charge in [-0.25, -0.2) is 0 Å². The number of hydrogen-bond acceptors (Lipinski definition) is 5. The summed E-state index contributed by atoms with van der Waals surface area (Å²) in [6, 6.07) is 17.0. The van der Waals surface area contributed by atoms with Crippen molar-refractivity contribution in [3.63, 3.8) is 0 Å². The van der Waals surface area contributed by atoms with Crippen molar-refractivity contribution in [3.8, 4) is 11.4 Å². The number of nitrogens with one attached hydrogen (secondary N) is 2. The van der Waals surface area contributed by atoms with Crippen LogP contribution < -0.4 is 10.6 Å². The number of carbonyl (C=O) groups excluding carboxylic acids is 1. The Bertz CT molecular complexity index is 813. The Hall–Kier alpha value is -3.15. The van der Waals surface area contributed by atoms with Crippen molar-refractivity contribution in [2.24, 2.45) is 0 Å². The van der Waals surface area contributed by atoms with E-state index in [0.29, 0.717) is 11.7 Å². The number of aromatic nitrogens is 2. The van der Waals surface area contributed by atoms with Crippen molar-refractivity contribution in [1.82, 2.24) is 10.1 Å². The van der Waals surface area contributed by atoms with Crippen LogP contribution in [0.4, 0.5) is 11.4 Å². The van der Waals surface area contributed by atoms with Crippen LogP contribution in [0.15, 0.2) is 59.1 Å². The summed E-state index contributed by atoms with van der Waals surface area (Å²) in [5, 5.41) is 10.0. The highest BCUT2D eigenvalue weighted by atomic mass is 16.5. The molecular weight excluding hydrogens is 304 g/mol. The summed E-state index contributed by atoms with van der Waals surface area (Å²) in [5.41, 5.74) is 2.57. The number of nitrogens with zero attached hydrogens (tertiary/aromatic N) is 2. The molecule has 1 amide bonds. The summed E-state index contributed by atoms with van der Waals surface area (Å²) in [6.07, 6.45) is 0. The van der Waals surface area contributed by atoms with Crippen LogP contribution in [0.25, 0.3) is 11.4 Å². The summed E-state index contributed by atoms with van der Waals surface area (Å²) >= 11 is 0. The predicted octanol–water partition coefficient (Wildman–Crippen LogP) is 3.87. The zero-order chi connectivity index (χ0) is 16.9. The second-order valence-corrected chi connectivity index (χ2v) is 5.45. The third kappa shape index (κ3) is 3.78. The highest BCUT2D eigenvalue weighted by Gasteiger charge is 2.15. The summed E-state index contributed by atoms with van der Waals surface area (Å²) in [7, 11) is 0. The number of anilines is 2.